The van der Waals surface area contributed by atoms with Crippen molar-refractivity contribution in [2.75, 3.05) is 6.54 Å². The first-order valence-corrected chi connectivity index (χ1v) is 8.50. The van der Waals surface area contributed by atoms with Crippen molar-refractivity contribution in [2.24, 2.45) is 0 Å². The Bertz CT molecular complexity index is 623. The summed E-state index contributed by atoms with van der Waals surface area (Å²) in [6, 6.07) is 8.21. The van der Waals surface area contributed by atoms with Gasteiger partial charge in [0, 0.05) is 16.6 Å². The molecule has 1 aromatic heterocycles. The largest absolute Gasteiger partial charge is 0.332 e. The van der Waals surface area contributed by atoms with E-state index in [-0.39, 0.29) is 11.9 Å². The van der Waals surface area contributed by atoms with Gasteiger partial charge in [0.1, 0.15) is 0 Å². The van der Waals surface area contributed by atoms with Crippen LogP contribution in [0.3, 0.4) is 0 Å². The second kappa shape index (κ2) is 5.70. The van der Waals surface area contributed by atoms with Crippen LogP contribution < -0.4 is 0 Å². The summed E-state index contributed by atoms with van der Waals surface area (Å²) in [7, 11) is 0. The Hall–Kier alpha value is -1.13. The Morgan fingerprint density at radius 2 is 2.25 bits per heavy atom. The molecule has 1 atom stereocenters. The van der Waals surface area contributed by atoms with Crippen molar-refractivity contribution in [2.45, 2.75) is 25.8 Å². The molecule has 0 spiro atoms. The maximum Gasteiger partial charge on any atom is 0.254 e. The highest BCUT2D eigenvalue weighted by molar-refractivity contribution is 9.10. The average molecular weight is 350 g/mol. The number of amides is 1. The highest BCUT2D eigenvalue weighted by Crippen LogP contribution is 2.35. The zero-order chi connectivity index (χ0) is 14.1. The molecular formula is C16H16BrNOS. The predicted octanol–water partition coefficient (Wildman–Crippen LogP) is 4.80. The van der Waals surface area contributed by atoms with Crippen molar-refractivity contribution in [1.29, 1.82) is 0 Å². The summed E-state index contributed by atoms with van der Waals surface area (Å²) in [6.07, 6.45) is 2.15. The predicted molar refractivity (Wildman–Crippen MR) is 86.2 cm³/mol. The molecule has 1 amide bonds. The van der Waals surface area contributed by atoms with Crippen LogP contribution >= 0.6 is 27.3 Å². The van der Waals surface area contributed by atoms with Crippen molar-refractivity contribution in [3.8, 4) is 0 Å². The molecule has 1 fully saturated rings. The van der Waals surface area contributed by atoms with Crippen LogP contribution in [0.4, 0.5) is 0 Å². The van der Waals surface area contributed by atoms with Gasteiger partial charge in [-0.3, -0.25) is 4.79 Å². The molecule has 2 nitrogen and oxygen atoms in total. The van der Waals surface area contributed by atoms with Gasteiger partial charge in [0.2, 0.25) is 0 Å². The molecule has 4 heteroatoms. The Kier molecular flexibility index (Phi) is 3.94. The summed E-state index contributed by atoms with van der Waals surface area (Å²) in [6.45, 7) is 2.85. The zero-order valence-electron chi connectivity index (χ0n) is 11.3. The number of hydrogen-bond donors (Lipinski definition) is 0. The van der Waals surface area contributed by atoms with Gasteiger partial charge in [-0.1, -0.05) is 22.0 Å². The van der Waals surface area contributed by atoms with Crippen LogP contribution in [-0.4, -0.2) is 17.4 Å². The molecule has 1 aliphatic rings. The van der Waals surface area contributed by atoms with E-state index in [0.29, 0.717) is 0 Å². The molecule has 0 aliphatic carbocycles. The molecule has 3 rings (SSSR count). The van der Waals surface area contributed by atoms with E-state index < -0.39 is 0 Å². The fourth-order valence-electron chi connectivity index (χ4n) is 2.81. The van der Waals surface area contributed by atoms with E-state index in [0.717, 1.165) is 35.0 Å². The van der Waals surface area contributed by atoms with Crippen molar-refractivity contribution in [3.05, 3.63) is 56.2 Å². The SMILES string of the molecule is Cc1c(Br)cccc1C(=O)N1CCCC1c1ccsc1. The second-order valence-corrected chi connectivity index (χ2v) is 6.76. The Labute approximate surface area is 131 Å². The van der Waals surface area contributed by atoms with Crippen LogP contribution in [0.25, 0.3) is 0 Å². The fraction of sp³-hybridized carbons (Fsp3) is 0.312. The summed E-state index contributed by atoms with van der Waals surface area (Å²) in [4.78, 5) is 14.9. The number of carbonyl (C=O) groups is 1. The first-order valence-electron chi connectivity index (χ1n) is 6.76. The lowest BCUT2D eigenvalue weighted by Crippen LogP contribution is -2.30. The number of likely N-dealkylation sites (tertiary alicyclic amines) is 1. The van der Waals surface area contributed by atoms with Gasteiger partial charge in [-0.15, -0.1) is 0 Å². The minimum atomic E-state index is 0.150. The number of rotatable bonds is 2. The lowest BCUT2D eigenvalue weighted by Gasteiger charge is -2.25. The first kappa shape index (κ1) is 13.8. The van der Waals surface area contributed by atoms with Gasteiger partial charge in [-0.25, -0.2) is 0 Å². The quantitative estimate of drug-likeness (QED) is 0.762. The molecule has 0 N–H and O–H groups in total. The zero-order valence-corrected chi connectivity index (χ0v) is 13.7. The number of hydrogen-bond acceptors (Lipinski definition) is 2. The number of nitrogens with zero attached hydrogens (tertiary/aromatic N) is 1. The fourth-order valence-corrected chi connectivity index (χ4v) is 3.89. The van der Waals surface area contributed by atoms with E-state index in [1.165, 1.54) is 5.56 Å². The maximum absolute atomic E-state index is 12.8. The van der Waals surface area contributed by atoms with E-state index in [1.54, 1.807) is 11.3 Å². The molecule has 0 bridgehead atoms. The molecule has 1 aliphatic heterocycles. The molecule has 2 aromatic rings. The van der Waals surface area contributed by atoms with Gasteiger partial charge in [0.15, 0.2) is 0 Å². The lowest BCUT2D eigenvalue weighted by atomic mass is 10.1. The molecular weight excluding hydrogens is 334 g/mol. The van der Waals surface area contributed by atoms with Crippen LogP contribution in [0.2, 0.25) is 0 Å². The number of carbonyl (C=O) groups excluding carboxylic acids is 1. The summed E-state index contributed by atoms with van der Waals surface area (Å²) in [5.41, 5.74) is 3.10. The van der Waals surface area contributed by atoms with Crippen molar-refractivity contribution < 1.29 is 4.79 Å². The van der Waals surface area contributed by atoms with E-state index in [4.69, 9.17) is 0 Å². The standard InChI is InChI=1S/C16H16BrNOS/c1-11-13(4-2-5-14(11)17)16(19)18-8-3-6-15(18)12-7-9-20-10-12/h2,4-5,7,9-10,15H,3,6,8H2,1H3. The summed E-state index contributed by atoms with van der Waals surface area (Å²) < 4.78 is 0.995. The molecule has 20 heavy (non-hydrogen) atoms. The average Bonchev–Trinajstić information content (AvgIpc) is 3.10. The van der Waals surface area contributed by atoms with Gasteiger partial charge in [0.25, 0.3) is 5.91 Å². The third kappa shape index (κ3) is 2.42. The van der Waals surface area contributed by atoms with E-state index in [1.807, 2.05) is 30.0 Å². The van der Waals surface area contributed by atoms with Crippen molar-refractivity contribution >= 4 is 33.2 Å². The normalized spacial score (nSPS) is 18.5. The van der Waals surface area contributed by atoms with Crippen LogP contribution in [0.15, 0.2) is 39.5 Å². The van der Waals surface area contributed by atoms with Crippen molar-refractivity contribution in [1.82, 2.24) is 4.90 Å². The molecule has 104 valence electrons. The summed E-state index contributed by atoms with van der Waals surface area (Å²) in [5, 5.41) is 4.24. The van der Waals surface area contributed by atoms with E-state index >= 15 is 0 Å². The summed E-state index contributed by atoms with van der Waals surface area (Å²) >= 11 is 5.20. The van der Waals surface area contributed by atoms with E-state index in [9.17, 15) is 4.79 Å². The maximum atomic E-state index is 12.8. The monoisotopic (exact) mass is 349 g/mol. The minimum Gasteiger partial charge on any atom is -0.332 e. The second-order valence-electron chi connectivity index (χ2n) is 5.13. The van der Waals surface area contributed by atoms with Crippen LogP contribution in [-0.2, 0) is 0 Å². The molecule has 1 saturated heterocycles. The Balaban J connectivity index is 1.92. The smallest absolute Gasteiger partial charge is 0.254 e. The van der Waals surface area contributed by atoms with Gasteiger partial charge in [0.05, 0.1) is 6.04 Å². The number of benzene rings is 1. The molecule has 0 saturated carbocycles. The lowest BCUT2D eigenvalue weighted by molar-refractivity contribution is 0.0735. The topological polar surface area (TPSA) is 20.3 Å². The Morgan fingerprint density at radius 3 is 3.00 bits per heavy atom. The third-order valence-corrected chi connectivity index (χ3v) is 5.50. The first-order chi connectivity index (χ1) is 9.68. The molecule has 2 heterocycles. The Morgan fingerprint density at radius 1 is 1.40 bits per heavy atom. The van der Waals surface area contributed by atoms with E-state index in [2.05, 4.69) is 32.8 Å². The summed E-state index contributed by atoms with van der Waals surface area (Å²) in [5.74, 6) is 0.150. The molecule has 0 radical (unpaired) electrons. The van der Waals surface area contributed by atoms with Crippen LogP contribution in [0.5, 0.6) is 0 Å². The molecule has 1 aromatic carbocycles. The minimum absolute atomic E-state index is 0.150. The van der Waals surface area contributed by atoms with Gasteiger partial charge in [-0.05, 0) is 59.9 Å². The van der Waals surface area contributed by atoms with Gasteiger partial charge >= 0.3 is 0 Å². The number of thiophene rings is 1. The van der Waals surface area contributed by atoms with Crippen LogP contribution in [0.1, 0.15) is 40.4 Å². The highest BCUT2D eigenvalue weighted by Gasteiger charge is 2.31. The van der Waals surface area contributed by atoms with Gasteiger partial charge < -0.3 is 4.90 Å². The van der Waals surface area contributed by atoms with Crippen molar-refractivity contribution in [3.63, 3.8) is 0 Å². The third-order valence-electron chi connectivity index (χ3n) is 3.94. The number of halogens is 1. The van der Waals surface area contributed by atoms with Crippen LogP contribution in [0, 0.1) is 6.92 Å². The molecule has 1 unspecified atom stereocenters. The van der Waals surface area contributed by atoms with Gasteiger partial charge in [-0.2, -0.15) is 11.3 Å². The highest BCUT2D eigenvalue weighted by atomic mass is 79.9.